The lowest BCUT2D eigenvalue weighted by Gasteiger charge is -2.18. The maximum Gasteiger partial charge on any atom is 0.246 e. The quantitative estimate of drug-likeness (QED) is 0.742. The number of amides is 1. The molecule has 1 aliphatic heterocycles. The van der Waals surface area contributed by atoms with Gasteiger partial charge >= 0.3 is 0 Å². The van der Waals surface area contributed by atoms with Crippen LogP contribution >= 0.6 is 11.8 Å². The minimum atomic E-state index is -0.431. The molecule has 1 fully saturated rings. The molecule has 1 heterocycles. The second kappa shape index (κ2) is 8.30. The van der Waals surface area contributed by atoms with Crippen LogP contribution in [0.3, 0.4) is 0 Å². The van der Waals surface area contributed by atoms with Gasteiger partial charge in [0.1, 0.15) is 11.6 Å². The molecule has 0 saturated carbocycles. The van der Waals surface area contributed by atoms with Crippen LogP contribution in [0, 0.1) is 11.6 Å². The summed E-state index contributed by atoms with van der Waals surface area (Å²) < 4.78 is 27.4. The van der Waals surface area contributed by atoms with Crippen molar-refractivity contribution in [2.75, 3.05) is 18.8 Å². The summed E-state index contributed by atoms with van der Waals surface area (Å²) in [6.45, 7) is 1.14. The Kier molecular flexibility index (Phi) is 5.87. The summed E-state index contributed by atoms with van der Waals surface area (Å²) in [6, 6.07) is 13.2. The zero-order chi connectivity index (χ0) is 17.6. The van der Waals surface area contributed by atoms with Crippen LogP contribution in [0.15, 0.2) is 54.6 Å². The summed E-state index contributed by atoms with van der Waals surface area (Å²) in [5.74, 6) is -0.168. The molecule has 25 heavy (non-hydrogen) atoms. The molecule has 3 rings (SSSR count). The molecule has 1 amide bonds. The number of rotatable bonds is 3. The smallest absolute Gasteiger partial charge is 0.246 e. The van der Waals surface area contributed by atoms with E-state index in [1.807, 2.05) is 30.3 Å². The normalized spacial score (nSPS) is 18.3. The van der Waals surface area contributed by atoms with Crippen LogP contribution in [0.4, 0.5) is 8.78 Å². The first kappa shape index (κ1) is 17.7. The van der Waals surface area contributed by atoms with Gasteiger partial charge in [-0.05, 0) is 36.3 Å². The zero-order valence-corrected chi connectivity index (χ0v) is 14.5. The van der Waals surface area contributed by atoms with E-state index in [0.29, 0.717) is 30.8 Å². The molecule has 0 N–H and O–H groups in total. The maximum atomic E-state index is 14.0. The first-order valence-corrected chi connectivity index (χ1v) is 9.27. The van der Waals surface area contributed by atoms with E-state index in [4.69, 9.17) is 0 Å². The SMILES string of the molecule is O=C(/C=C/c1ccccc1)N1CCS[C@@H](c2cc(F)ccc2F)CC1. The molecule has 0 unspecified atom stereocenters. The first-order chi connectivity index (χ1) is 12.1. The fourth-order valence-electron chi connectivity index (χ4n) is 2.84. The predicted molar refractivity (Wildman–Crippen MR) is 98.2 cm³/mol. The van der Waals surface area contributed by atoms with Crippen molar-refractivity contribution in [2.24, 2.45) is 0 Å². The van der Waals surface area contributed by atoms with Crippen molar-refractivity contribution in [2.45, 2.75) is 11.7 Å². The Bertz CT molecular complexity index is 764. The van der Waals surface area contributed by atoms with E-state index in [9.17, 15) is 13.6 Å². The Morgan fingerprint density at radius 1 is 1.12 bits per heavy atom. The fraction of sp³-hybridized carbons (Fsp3) is 0.250. The van der Waals surface area contributed by atoms with E-state index in [0.717, 1.165) is 11.6 Å². The van der Waals surface area contributed by atoms with Gasteiger partial charge in [-0.3, -0.25) is 4.79 Å². The van der Waals surface area contributed by atoms with Gasteiger partial charge in [-0.15, -0.1) is 0 Å². The van der Waals surface area contributed by atoms with Gasteiger partial charge < -0.3 is 4.90 Å². The highest BCUT2D eigenvalue weighted by Gasteiger charge is 2.23. The molecule has 1 atom stereocenters. The molecule has 1 saturated heterocycles. The van der Waals surface area contributed by atoms with Crippen LogP contribution in [0.1, 0.15) is 22.8 Å². The van der Waals surface area contributed by atoms with Crippen molar-refractivity contribution in [1.29, 1.82) is 0 Å². The predicted octanol–water partition coefficient (Wildman–Crippen LogP) is 4.68. The van der Waals surface area contributed by atoms with Crippen LogP contribution in [0.25, 0.3) is 6.08 Å². The van der Waals surface area contributed by atoms with Gasteiger partial charge in [0, 0.05) is 35.7 Å². The molecule has 1 aliphatic rings. The standard InChI is InChI=1S/C20H19F2NOS/c21-16-7-8-18(22)17(14-16)19-10-11-23(12-13-25-19)20(24)9-6-15-4-2-1-3-5-15/h1-9,14,19H,10-13H2/b9-6+/t19-/m1/s1. The van der Waals surface area contributed by atoms with Crippen molar-refractivity contribution in [3.8, 4) is 0 Å². The van der Waals surface area contributed by atoms with Gasteiger partial charge in [-0.25, -0.2) is 8.78 Å². The number of nitrogens with zero attached hydrogens (tertiary/aromatic N) is 1. The number of halogens is 2. The third kappa shape index (κ3) is 4.69. The summed E-state index contributed by atoms with van der Waals surface area (Å²) in [6.07, 6.45) is 3.98. The molecule has 2 aromatic rings. The molecular weight excluding hydrogens is 340 g/mol. The Balaban J connectivity index is 1.64. The van der Waals surface area contributed by atoms with Crippen LogP contribution in [-0.2, 0) is 4.79 Å². The molecule has 130 valence electrons. The van der Waals surface area contributed by atoms with E-state index in [1.165, 1.54) is 12.1 Å². The Hall–Kier alpha value is -2.14. The maximum absolute atomic E-state index is 14.0. The molecule has 0 spiro atoms. The second-order valence-corrected chi connectivity index (χ2v) is 7.19. The number of hydrogen-bond acceptors (Lipinski definition) is 2. The van der Waals surface area contributed by atoms with Crippen molar-refractivity contribution < 1.29 is 13.6 Å². The number of hydrogen-bond donors (Lipinski definition) is 0. The number of thioether (sulfide) groups is 1. The average molecular weight is 359 g/mol. The van der Waals surface area contributed by atoms with Gasteiger partial charge in [-0.1, -0.05) is 30.3 Å². The molecule has 0 radical (unpaired) electrons. The average Bonchev–Trinajstić information content (AvgIpc) is 2.89. The van der Waals surface area contributed by atoms with Gasteiger partial charge in [0.05, 0.1) is 0 Å². The van der Waals surface area contributed by atoms with Crippen LogP contribution in [0.2, 0.25) is 0 Å². The molecule has 0 aromatic heterocycles. The minimum Gasteiger partial charge on any atom is -0.338 e. The molecule has 5 heteroatoms. The summed E-state index contributed by atoms with van der Waals surface area (Å²) in [5.41, 5.74) is 1.36. The van der Waals surface area contributed by atoms with E-state index in [-0.39, 0.29) is 17.0 Å². The van der Waals surface area contributed by atoms with Gasteiger partial charge in [0.25, 0.3) is 0 Å². The molecule has 0 bridgehead atoms. The Morgan fingerprint density at radius 3 is 2.72 bits per heavy atom. The fourth-order valence-corrected chi connectivity index (χ4v) is 4.08. The summed E-state index contributed by atoms with van der Waals surface area (Å²) in [5, 5.41) is -0.133. The third-order valence-corrected chi connectivity index (χ3v) is 5.49. The molecule has 2 aromatic carbocycles. The highest BCUT2D eigenvalue weighted by atomic mass is 32.2. The lowest BCUT2D eigenvalue weighted by atomic mass is 10.1. The molecule has 0 aliphatic carbocycles. The Morgan fingerprint density at radius 2 is 1.92 bits per heavy atom. The third-order valence-electron chi connectivity index (χ3n) is 4.18. The second-order valence-electron chi connectivity index (χ2n) is 5.88. The van der Waals surface area contributed by atoms with Crippen LogP contribution in [-0.4, -0.2) is 29.6 Å². The van der Waals surface area contributed by atoms with Crippen molar-refractivity contribution >= 4 is 23.7 Å². The van der Waals surface area contributed by atoms with Crippen molar-refractivity contribution in [1.82, 2.24) is 4.90 Å². The van der Waals surface area contributed by atoms with E-state index < -0.39 is 5.82 Å². The zero-order valence-electron chi connectivity index (χ0n) is 13.7. The highest BCUT2D eigenvalue weighted by molar-refractivity contribution is 7.99. The van der Waals surface area contributed by atoms with Crippen LogP contribution in [0.5, 0.6) is 0 Å². The highest BCUT2D eigenvalue weighted by Crippen LogP contribution is 2.36. The number of benzene rings is 2. The topological polar surface area (TPSA) is 20.3 Å². The van der Waals surface area contributed by atoms with Crippen molar-refractivity contribution in [3.63, 3.8) is 0 Å². The summed E-state index contributed by atoms with van der Waals surface area (Å²) in [7, 11) is 0. The van der Waals surface area contributed by atoms with Gasteiger partial charge in [0.15, 0.2) is 0 Å². The van der Waals surface area contributed by atoms with E-state index in [1.54, 1.807) is 28.8 Å². The summed E-state index contributed by atoms with van der Waals surface area (Å²) in [4.78, 5) is 14.2. The molecule has 2 nitrogen and oxygen atoms in total. The monoisotopic (exact) mass is 359 g/mol. The van der Waals surface area contributed by atoms with E-state index >= 15 is 0 Å². The minimum absolute atomic E-state index is 0.0511. The molecular formula is C20H19F2NOS. The number of carbonyl (C=O) groups excluding carboxylic acids is 1. The largest absolute Gasteiger partial charge is 0.338 e. The lowest BCUT2D eigenvalue weighted by molar-refractivity contribution is -0.125. The first-order valence-electron chi connectivity index (χ1n) is 8.22. The van der Waals surface area contributed by atoms with Gasteiger partial charge in [-0.2, -0.15) is 11.8 Å². The summed E-state index contributed by atoms with van der Waals surface area (Å²) >= 11 is 1.57. The van der Waals surface area contributed by atoms with Crippen molar-refractivity contribution in [3.05, 3.63) is 77.4 Å². The van der Waals surface area contributed by atoms with Gasteiger partial charge in [0.2, 0.25) is 5.91 Å². The lowest BCUT2D eigenvalue weighted by Crippen LogP contribution is -2.31. The Labute approximate surface area is 150 Å². The van der Waals surface area contributed by atoms with Crippen LogP contribution < -0.4 is 0 Å². The van der Waals surface area contributed by atoms with E-state index in [2.05, 4.69) is 0 Å². The number of carbonyl (C=O) groups is 1.